The van der Waals surface area contributed by atoms with E-state index in [1.165, 1.54) is 22.8 Å². The first kappa shape index (κ1) is 20.5. The molecular formula is C20H23N5O4S. The molecular weight excluding hydrogens is 406 g/mol. The lowest BCUT2D eigenvalue weighted by molar-refractivity contribution is -0.384. The van der Waals surface area contributed by atoms with Crippen molar-refractivity contribution in [2.45, 2.75) is 18.7 Å². The molecule has 0 unspecified atom stereocenters. The summed E-state index contributed by atoms with van der Waals surface area (Å²) in [5.74, 6) is 0. The second-order valence-electron chi connectivity index (χ2n) is 7.65. The largest absolute Gasteiger partial charge is 0.304 e. The van der Waals surface area contributed by atoms with Crippen molar-refractivity contribution in [1.82, 2.24) is 18.8 Å². The molecule has 1 saturated heterocycles. The standard InChI is InChI=1S/C20H23N5O4S/c1-14-10-17-19(11-15(14)2)24(13-21-17)18-5-4-16(12-20(18)25(26)27)30(28,29)23-8-6-22(3)7-9-23/h4-5,10-13H,6-9H2,1-3H3. The average molecular weight is 430 g/mol. The van der Waals surface area contributed by atoms with E-state index >= 15 is 0 Å². The number of nitro benzene ring substituents is 1. The van der Waals surface area contributed by atoms with E-state index in [0.29, 0.717) is 26.2 Å². The van der Waals surface area contributed by atoms with Crippen molar-refractivity contribution >= 4 is 26.7 Å². The summed E-state index contributed by atoms with van der Waals surface area (Å²) in [6.45, 7) is 5.91. The third kappa shape index (κ3) is 3.47. The molecule has 0 aliphatic carbocycles. The summed E-state index contributed by atoms with van der Waals surface area (Å²) in [4.78, 5) is 17.6. The zero-order valence-corrected chi connectivity index (χ0v) is 17.9. The number of benzene rings is 2. The van der Waals surface area contributed by atoms with E-state index < -0.39 is 14.9 Å². The summed E-state index contributed by atoms with van der Waals surface area (Å²) in [5.41, 5.74) is 3.58. The molecule has 0 spiro atoms. The van der Waals surface area contributed by atoms with Crippen molar-refractivity contribution in [3.05, 3.63) is 57.9 Å². The fourth-order valence-corrected chi connectivity index (χ4v) is 5.09. The first-order chi connectivity index (χ1) is 14.2. The number of nitrogens with zero attached hydrogens (tertiary/aromatic N) is 5. The van der Waals surface area contributed by atoms with Crippen molar-refractivity contribution in [3.8, 4) is 5.69 Å². The number of sulfonamides is 1. The van der Waals surface area contributed by atoms with E-state index in [-0.39, 0.29) is 16.3 Å². The second kappa shape index (κ2) is 7.46. The van der Waals surface area contributed by atoms with Crippen LogP contribution >= 0.6 is 0 Å². The maximum absolute atomic E-state index is 13.0. The normalized spacial score (nSPS) is 16.2. The topological polar surface area (TPSA) is 102 Å². The Bertz CT molecular complexity index is 1240. The lowest BCUT2D eigenvalue weighted by Crippen LogP contribution is -2.47. The fourth-order valence-electron chi connectivity index (χ4n) is 3.65. The number of nitro groups is 1. The summed E-state index contributed by atoms with van der Waals surface area (Å²) in [6.07, 6.45) is 1.53. The molecule has 0 bridgehead atoms. The number of aryl methyl sites for hydroxylation is 2. The highest BCUT2D eigenvalue weighted by Crippen LogP contribution is 2.31. The van der Waals surface area contributed by atoms with Crippen LogP contribution in [0.5, 0.6) is 0 Å². The summed E-state index contributed by atoms with van der Waals surface area (Å²) in [6, 6.07) is 7.92. The molecule has 0 atom stereocenters. The van der Waals surface area contributed by atoms with E-state index in [4.69, 9.17) is 0 Å². The smallest absolute Gasteiger partial charge is 0.294 e. The minimum absolute atomic E-state index is 0.0704. The highest BCUT2D eigenvalue weighted by molar-refractivity contribution is 7.89. The van der Waals surface area contributed by atoms with Gasteiger partial charge in [0.25, 0.3) is 5.69 Å². The molecule has 4 rings (SSSR count). The Balaban J connectivity index is 1.81. The Morgan fingerprint density at radius 2 is 1.70 bits per heavy atom. The van der Waals surface area contributed by atoms with Crippen molar-refractivity contribution in [3.63, 3.8) is 0 Å². The molecule has 2 heterocycles. The first-order valence-corrected chi connectivity index (χ1v) is 11.0. The maximum atomic E-state index is 13.0. The first-order valence-electron chi connectivity index (χ1n) is 9.60. The van der Waals surface area contributed by atoms with Gasteiger partial charge < -0.3 is 4.90 Å². The van der Waals surface area contributed by atoms with Crippen molar-refractivity contribution in [2.75, 3.05) is 33.2 Å². The summed E-state index contributed by atoms with van der Waals surface area (Å²) < 4.78 is 29.1. The Kier molecular flexibility index (Phi) is 5.08. The van der Waals surface area contributed by atoms with E-state index in [9.17, 15) is 18.5 Å². The fraction of sp³-hybridized carbons (Fsp3) is 0.350. The monoisotopic (exact) mass is 429 g/mol. The van der Waals surface area contributed by atoms with E-state index in [2.05, 4.69) is 4.98 Å². The lowest BCUT2D eigenvalue weighted by Gasteiger charge is -2.31. The molecule has 2 aromatic carbocycles. The number of fused-ring (bicyclic) bond motifs is 1. The molecule has 0 amide bonds. The van der Waals surface area contributed by atoms with Gasteiger partial charge in [-0.3, -0.25) is 14.7 Å². The highest BCUT2D eigenvalue weighted by atomic mass is 32.2. The van der Waals surface area contributed by atoms with E-state index in [0.717, 1.165) is 28.2 Å². The number of aromatic nitrogens is 2. The number of imidazole rings is 1. The number of rotatable bonds is 4. The summed E-state index contributed by atoms with van der Waals surface area (Å²) in [7, 11) is -1.87. The van der Waals surface area contributed by atoms with Crippen LogP contribution in [0.25, 0.3) is 16.7 Å². The third-order valence-electron chi connectivity index (χ3n) is 5.67. The van der Waals surface area contributed by atoms with Crippen LogP contribution in [-0.2, 0) is 10.0 Å². The predicted molar refractivity (Wildman–Crippen MR) is 113 cm³/mol. The molecule has 30 heavy (non-hydrogen) atoms. The molecule has 3 aromatic rings. The van der Waals surface area contributed by atoms with Crippen molar-refractivity contribution < 1.29 is 13.3 Å². The zero-order chi connectivity index (χ0) is 21.6. The van der Waals surface area contributed by atoms with Crippen LogP contribution in [0.3, 0.4) is 0 Å². The molecule has 158 valence electrons. The van der Waals surface area contributed by atoms with Gasteiger partial charge in [-0.2, -0.15) is 4.31 Å². The van der Waals surface area contributed by atoms with E-state index in [1.807, 2.05) is 37.9 Å². The number of likely N-dealkylation sites (N-methyl/N-ethyl adjacent to an activating group) is 1. The Hall–Kier alpha value is -2.82. The number of hydrogen-bond donors (Lipinski definition) is 0. The minimum atomic E-state index is -3.80. The molecule has 1 aromatic heterocycles. The van der Waals surface area contributed by atoms with Crippen molar-refractivity contribution in [1.29, 1.82) is 0 Å². The van der Waals surface area contributed by atoms with Gasteiger partial charge in [-0.1, -0.05) is 0 Å². The quantitative estimate of drug-likeness (QED) is 0.466. The Morgan fingerprint density at radius 1 is 1.03 bits per heavy atom. The molecule has 9 nitrogen and oxygen atoms in total. The van der Waals surface area contributed by atoms with Gasteiger partial charge in [0.2, 0.25) is 10.0 Å². The second-order valence-corrected chi connectivity index (χ2v) is 9.59. The molecule has 1 aliphatic heterocycles. The molecule has 0 N–H and O–H groups in total. The van der Waals surface area contributed by atoms with Gasteiger partial charge in [-0.05, 0) is 56.3 Å². The van der Waals surface area contributed by atoms with Crippen molar-refractivity contribution in [2.24, 2.45) is 0 Å². The van der Waals surface area contributed by atoms with Crippen LogP contribution in [0.4, 0.5) is 5.69 Å². The molecule has 1 aliphatic rings. The van der Waals surface area contributed by atoms with Crippen LogP contribution in [0, 0.1) is 24.0 Å². The maximum Gasteiger partial charge on any atom is 0.294 e. The van der Waals surface area contributed by atoms with Crippen LogP contribution in [0.15, 0.2) is 41.6 Å². The third-order valence-corrected chi connectivity index (χ3v) is 7.56. The molecule has 0 radical (unpaired) electrons. The van der Waals surface area contributed by atoms with Gasteiger partial charge in [0.1, 0.15) is 12.0 Å². The summed E-state index contributed by atoms with van der Waals surface area (Å²) in [5, 5.41) is 11.8. The SMILES string of the molecule is Cc1cc2ncn(-c3ccc(S(=O)(=O)N4CCN(C)CC4)cc3[N+](=O)[O-])c2cc1C. The van der Waals surface area contributed by atoms with Crippen LogP contribution in [-0.4, -0.2) is 65.3 Å². The molecule has 10 heteroatoms. The average Bonchev–Trinajstić information content (AvgIpc) is 3.10. The zero-order valence-electron chi connectivity index (χ0n) is 17.1. The predicted octanol–water partition coefficient (Wildman–Crippen LogP) is 2.49. The minimum Gasteiger partial charge on any atom is -0.304 e. The lowest BCUT2D eigenvalue weighted by atomic mass is 10.1. The molecule has 0 saturated carbocycles. The van der Waals surface area contributed by atoms with Gasteiger partial charge in [0.05, 0.1) is 20.9 Å². The van der Waals surface area contributed by atoms with Gasteiger partial charge in [0.15, 0.2) is 0 Å². The van der Waals surface area contributed by atoms with Crippen LogP contribution < -0.4 is 0 Å². The molecule has 1 fully saturated rings. The van der Waals surface area contributed by atoms with Gasteiger partial charge in [0, 0.05) is 32.2 Å². The van der Waals surface area contributed by atoms with Crippen LogP contribution in [0.2, 0.25) is 0 Å². The number of hydrogen-bond acceptors (Lipinski definition) is 6. The van der Waals surface area contributed by atoms with Gasteiger partial charge >= 0.3 is 0 Å². The highest BCUT2D eigenvalue weighted by Gasteiger charge is 2.30. The number of piperazine rings is 1. The Labute approximate surface area is 174 Å². The van der Waals surface area contributed by atoms with Gasteiger partial charge in [-0.15, -0.1) is 0 Å². The van der Waals surface area contributed by atoms with Crippen LogP contribution in [0.1, 0.15) is 11.1 Å². The summed E-state index contributed by atoms with van der Waals surface area (Å²) >= 11 is 0. The van der Waals surface area contributed by atoms with Gasteiger partial charge in [-0.25, -0.2) is 13.4 Å². The Morgan fingerprint density at radius 3 is 2.37 bits per heavy atom. The van der Waals surface area contributed by atoms with E-state index in [1.54, 1.807) is 4.57 Å².